The Kier molecular flexibility index (Phi) is 4.38. The van der Waals surface area contributed by atoms with Gasteiger partial charge in [-0.3, -0.25) is 0 Å². The third-order valence-corrected chi connectivity index (χ3v) is 8.00. The summed E-state index contributed by atoms with van der Waals surface area (Å²) in [5.41, 5.74) is 2.82. The molecular weight excluding hydrogens is 550 g/mol. The lowest BCUT2D eigenvalue weighted by molar-refractivity contribution is 0.673. The first kappa shape index (κ1) is 19.2. The van der Waals surface area contributed by atoms with Gasteiger partial charge >= 0.3 is 0 Å². The summed E-state index contributed by atoms with van der Waals surface area (Å²) >= 11 is 0. The predicted octanol–water partition coefficient (Wildman–Crippen LogP) is 10.7. The fourth-order valence-corrected chi connectivity index (χ4v) is 5.90. The van der Waals surface area contributed by atoms with E-state index >= 15 is 0 Å². The van der Waals surface area contributed by atoms with Crippen molar-refractivity contribution in [3.8, 4) is 45.3 Å². The zero-order valence-electron chi connectivity index (χ0n) is 30.6. The van der Waals surface area contributed by atoms with Crippen LogP contribution in [0.15, 0.2) is 156 Å². The fraction of sp³-hybridized carbons (Fsp3) is 0. The molecule has 4 heteroatoms. The molecule has 0 bridgehead atoms. The number of aromatic nitrogens is 3. The summed E-state index contributed by atoms with van der Waals surface area (Å²) in [5, 5.41) is 3.10. The van der Waals surface area contributed by atoms with E-state index in [0.717, 1.165) is 21.9 Å². The van der Waals surface area contributed by atoms with Crippen molar-refractivity contribution in [3.63, 3.8) is 0 Å². The molecule has 210 valence electrons. The van der Waals surface area contributed by atoms with Gasteiger partial charge in [-0.25, -0.2) is 15.0 Å². The Balaban J connectivity index is 1.47. The van der Waals surface area contributed by atoms with Gasteiger partial charge in [0.2, 0.25) is 0 Å². The second-order valence-electron chi connectivity index (χ2n) is 10.7. The van der Waals surface area contributed by atoms with E-state index in [1.54, 1.807) is 6.07 Å². The lowest BCUT2D eigenvalue weighted by atomic mass is 9.93. The molecule has 0 saturated carbocycles. The van der Waals surface area contributed by atoms with Crippen LogP contribution in [-0.2, 0) is 0 Å². The van der Waals surface area contributed by atoms with Crippen LogP contribution in [0.1, 0.15) is 9.60 Å². The molecule has 9 aromatic rings. The Hall–Kier alpha value is -6.13. The van der Waals surface area contributed by atoms with Crippen LogP contribution in [0.3, 0.4) is 0 Å². The molecule has 0 N–H and O–H groups in total. The van der Waals surface area contributed by atoms with Crippen LogP contribution in [-0.4, -0.2) is 15.0 Å². The molecule has 0 spiro atoms. The molecule has 2 heterocycles. The number of hydrogen-bond acceptors (Lipinski definition) is 4. The Bertz CT molecular complexity index is 2930. The molecule has 2 aromatic heterocycles. The molecular formula is C41H25N3O. The van der Waals surface area contributed by atoms with E-state index in [2.05, 4.69) is 0 Å². The SMILES string of the molecule is [2H]c1c([2H])c(-c2ccccc2)c2c(cc(-c3nc(-c4ccccc4)nc(-c4ccc5ccccc5c4)n3)c3c2oc2c([2H])c([2H])c([2H])c([2H])c23)c1[2H]. The molecule has 0 radical (unpaired) electrons. The largest absolute Gasteiger partial charge is 0.455 e. The molecule has 0 fully saturated rings. The maximum atomic E-state index is 9.10. The van der Waals surface area contributed by atoms with Gasteiger partial charge in [-0.2, -0.15) is 0 Å². The van der Waals surface area contributed by atoms with Gasteiger partial charge in [-0.05, 0) is 45.5 Å². The van der Waals surface area contributed by atoms with E-state index in [9.17, 15) is 0 Å². The maximum Gasteiger partial charge on any atom is 0.164 e. The number of furan rings is 1. The van der Waals surface area contributed by atoms with E-state index in [-0.39, 0.29) is 58.0 Å². The highest BCUT2D eigenvalue weighted by Crippen LogP contribution is 2.44. The molecule has 4 nitrogen and oxygen atoms in total. The molecule has 0 aliphatic carbocycles. The van der Waals surface area contributed by atoms with Crippen molar-refractivity contribution in [3.05, 3.63) is 151 Å². The minimum atomic E-state index is -0.452. The average Bonchev–Trinajstić information content (AvgIpc) is 3.60. The van der Waals surface area contributed by atoms with E-state index in [1.807, 2.05) is 103 Å². The van der Waals surface area contributed by atoms with E-state index < -0.39 is 12.1 Å². The molecule has 0 atom stereocenters. The van der Waals surface area contributed by atoms with Crippen LogP contribution in [0.2, 0.25) is 0 Å². The Labute approximate surface area is 269 Å². The average molecular weight is 583 g/mol. The summed E-state index contributed by atoms with van der Waals surface area (Å²) in [5.74, 6) is 0.924. The van der Waals surface area contributed by atoms with Crippen LogP contribution in [0.4, 0.5) is 0 Å². The minimum Gasteiger partial charge on any atom is -0.455 e. The number of rotatable bonds is 4. The molecule has 0 amide bonds. The van der Waals surface area contributed by atoms with Gasteiger partial charge < -0.3 is 4.42 Å². The number of fused-ring (bicyclic) bond motifs is 6. The summed E-state index contributed by atoms with van der Waals surface area (Å²) in [6.45, 7) is 0. The summed E-state index contributed by atoms with van der Waals surface area (Å²) in [4.78, 5) is 14.8. The third kappa shape index (κ3) is 4.27. The van der Waals surface area contributed by atoms with Crippen LogP contribution >= 0.6 is 0 Å². The van der Waals surface area contributed by atoms with Gasteiger partial charge in [0.1, 0.15) is 11.2 Å². The third-order valence-electron chi connectivity index (χ3n) is 8.00. The monoisotopic (exact) mass is 582 g/mol. The topological polar surface area (TPSA) is 51.8 Å². The zero-order chi connectivity index (χ0) is 35.8. The number of benzene rings is 7. The fourth-order valence-electron chi connectivity index (χ4n) is 5.90. The van der Waals surface area contributed by atoms with Gasteiger partial charge in [0.05, 0.1) is 9.60 Å². The van der Waals surface area contributed by atoms with Gasteiger partial charge in [-0.15, -0.1) is 0 Å². The van der Waals surface area contributed by atoms with Gasteiger partial charge in [-0.1, -0.05) is 133 Å². The molecule has 45 heavy (non-hydrogen) atoms. The van der Waals surface area contributed by atoms with Gasteiger partial charge in [0.15, 0.2) is 17.5 Å². The van der Waals surface area contributed by atoms with Crippen LogP contribution < -0.4 is 0 Å². The Morgan fingerprint density at radius 1 is 0.467 bits per heavy atom. The van der Waals surface area contributed by atoms with Crippen molar-refractivity contribution < 1.29 is 14.0 Å². The smallest absolute Gasteiger partial charge is 0.164 e. The molecule has 0 aliphatic heterocycles. The summed E-state index contributed by atoms with van der Waals surface area (Å²) < 4.78 is 68.3. The predicted molar refractivity (Wildman–Crippen MR) is 184 cm³/mol. The molecule has 0 unspecified atom stereocenters. The van der Waals surface area contributed by atoms with Crippen LogP contribution in [0.5, 0.6) is 0 Å². The van der Waals surface area contributed by atoms with Crippen molar-refractivity contribution >= 4 is 43.5 Å². The van der Waals surface area contributed by atoms with E-state index in [0.29, 0.717) is 39.1 Å². The quantitative estimate of drug-likeness (QED) is 0.207. The number of para-hydroxylation sites is 1. The zero-order valence-corrected chi connectivity index (χ0v) is 23.6. The summed E-state index contributed by atoms with van der Waals surface area (Å²) in [6.07, 6.45) is 0. The summed E-state index contributed by atoms with van der Waals surface area (Å²) in [7, 11) is 0. The lowest BCUT2D eigenvalue weighted by Gasteiger charge is -2.12. The van der Waals surface area contributed by atoms with Gasteiger partial charge in [0.25, 0.3) is 0 Å². The summed E-state index contributed by atoms with van der Waals surface area (Å²) in [6, 6.07) is 31.9. The van der Waals surface area contributed by atoms with Crippen LogP contribution in [0.25, 0.3) is 88.8 Å². The van der Waals surface area contributed by atoms with Crippen molar-refractivity contribution in [1.82, 2.24) is 15.0 Å². The highest BCUT2D eigenvalue weighted by molar-refractivity contribution is 6.23. The molecule has 0 saturated heterocycles. The second kappa shape index (κ2) is 10.2. The minimum absolute atomic E-state index is 0.0751. The van der Waals surface area contributed by atoms with E-state index in [1.165, 1.54) is 0 Å². The van der Waals surface area contributed by atoms with Crippen molar-refractivity contribution in [2.45, 2.75) is 0 Å². The Morgan fingerprint density at radius 2 is 1.16 bits per heavy atom. The highest BCUT2D eigenvalue weighted by atomic mass is 16.3. The maximum absolute atomic E-state index is 9.10. The normalized spacial score (nSPS) is 13.7. The standard InChI is InChI=1S/C41H25N3O/c1-3-13-27(14-4-1)32-20-11-18-30-25-34(37-33-19-9-10-21-35(33)45-38(37)36(30)32)41-43-39(28-15-5-2-6-16-28)42-40(44-41)31-23-22-26-12-7-8-17-29(26)24-31/h1-25H/i9D,10D,11D,18D,19D,20D,21D. The second-order valence-corrected chi connectivity index (χ2v) is 10.7. The first-order valence-electron chi connectivity index (χ1n) is 18.0. The van der Waals surface area contributed by atoms with Crippen molar-refractivity contribution in [2.24, 2.45) is 0 Å². The van der Waals surface area contributed by atoms with Crippen molar-refractivity contribution in [1.29, 1.82) is 0 Å². The van der Waals surface area contributed by atoms with Crippen molar-refractivity contribution in [2.75, 3.05) is 0 Å². The molecule has 9 rings (SSSR count). The van der Waals surface area contributed by atoms with Gasteiger partial charge in [0, 0.05) is 32.8 Å². The molecule has 0 aliphatic rings. The highest BCUT2D eigenvalue weighted by Gasteiger charge is 2.22. The Morgan fingerprint density at radius 3 is 1.98 bits per heavy atom. The number of nitrogens with zero attached hydrogens (tertiary/aromatic N) is 3. The number of hydrogen-bond donors (Lipinski definition) is 0. The molecule has 7 aromatic carbocycles. The van der Waals surface area contributed by atoms with E-state index in [4.69, 9.17) is 29.0 Å². The lowest BCUT2D eigenvalue weighted by Crippen LogP contribution is -2.00. The van der Waals surface area contributed by atoms with Crippen LogP contribution in [0, 0.1) is 0 Å². The first-order chi connectivity index (χ1) is 25.2. The first-order valence-corrected chi connectivity index (χ1v) is 14.5.